The van der Waals surface area contributed by atoms with E-state index in [2.05, 4.69) is 10.2 Å². The lowest BCUT2D eigenvalue weighted by molar-refractivity contribution is -0.134. The van der Waals surface area contributed by atoms with Gasteiger partial charge in [-0.2, -0.15) is 13.2 Å². The second-order valence-corrected chi connectivity index (χ2v) is 7.68. The Morgan fingerprint density at radius 2 is 1.92 bits per heavy atom. The van der Waals surface area contributed by atoms with Crippen molar-refractivity contribution in [2.24, 2.45) is 5.92 Å². The van der Waals surface area contributed by atoms with Crippen molar-refractivity contribution >= 4 is 17.2 Å². The lowest BCUT2D eigenvalue weighted by Gasteiger charge is -2.23. The average Bonchev–Trinajstić information content (AvgIpc) is 3.31. The SMILES string of the molecule is O=C(NC1CN2CC[C@H]1C2)c1ccc(Oc2ccc(C(F)(F)F)s2)cc1. The molecular weight excluding hydrogens is 365 g/mol. The zero-order valence-electron chi connectivity index (χ0n) is 13.8. The number of fused-ring (bicyclic) bond motifs is 2. The van der Waals surface area contributed by atoms with Gasteiger partial charge in [-0.1, -0.05) is 11.3 Å². The monoisotopic (exact) mass is 382 g/mol. The molecule has 0 aliphatic carbocycles. The maximum atomic E-state index is 12.6. The first kappa shape index (κ1) is 17.4. The Morgan fingerprint density at radius 3 is 2.50 bits per heavy atom. The van der Waals surface area contributed by atoms with Gasteiger partial charge in [0.1, 0.15) is 10.6 Å². The lowest BCUT2D eigenvalue weighted by atomic mass is 9.99. The molecule has 26 heavy (non-hydrogen) atoms. The summed E-state index contributed by atoms with van der Waals surface area (Å²) in [5.41, 5.74) is 0.511. The third kappa shape index (κ3) is 3.57. The van der Waals surface area contributed by atoms with E-state index in [0.29, 0.717) is 28.6 Å². The van der Waals surface area contributed by atoms with Crippen LogP contribution in [-0.2, 0) is 6.18 Å². The van der Waals surface area contributed by atoms with Gasteiger partial charge >= 0.3 is 6.18 Å². The van der Waals surface area contributed by atoms with Gasteiger partial charge in [-0.05, 0) is 55.3 Å². The number of alkyl halides is 3. The highest BCUT2D eigenvalue weighted by molar-refractivity contribution is 7.13. The molecule has 138 valence electrons. The minimum absolute atomic E-state index is 0.134. The standard InChI is InChI=1S/C18H17F3N2O2S/c19-18(20,21)15-5-6-16(26-15)25-13-3-1-11(2-4-13)17(24)22-14-10-23-8-7-12(14)9-23/h1-6,12,14H,7-10H2,(H,22,24)/t12-,14?/m0/s1. The number of ether oxygens (including phenoxy) is 1. The van der Waals surface area contributed by atoms with Crippen LogP contribution in [0.2, 0.25) is 0 Å². The number of benzene rings is 1. The van der Waals surface area contributed by atoms with E-state index in [0.717, 1.165) is 32.1 Å². The number of carbonyl (C=O) groups excluding carboxylic acids is 1. The molecule has 4 rings (SSSR count). The van der Waals surface area contributed by atoms with Crippen LogP contribution >= 0.6 is 11.3 Å². The second kappa shape index (κ2) is 6.59. The maximum absolute atomic E-state index is 12.6. The number of nitrogens with one attached hydrogen (secondary N) is 1. The van der Waals surface area contributed by atoms with Crippen LogP contribution in [0.15, 0.2) is 36.4 Å². The summed E-state index contributed by atoms with van der Waals surface area (Å²) >= 11 is 0.542. The van der Waals surface area contributed by atoms with Gasteiger partial charge in [-0.3, -0.25) is 4.79 Å². The van der Waals surface area contributed by atoms with Crippen LogP contribution in [0, 0.1) is 5.92 Å². The highest BCUT2D eigenvalue weighted by atomic mass is 32.1. The van der Waals surface area contributed by atoms with Gasteiger partial charge in [0.15, 0.2) is 5.06 Å². The molecule has 4 nitrogen and oxygen atoms in total. The highest BCUT2D eigenvalue weighted by Crippen LogP contribution is 2.39. The van der Waals surface area contributed by atoms with Gasteiger partial charge in [0.25, 0.3) is 5.91 Å². The first-order valence-corrected chi connectivity index (χ1v) is 9.18. The molecule has 0 radical (unpaired) electrons. The molecule has 1 aromatic heterocycles. The van der Waals surface area contributed by atoms with Crippen molar-refractivity contribution in [2.75, 3.05) is 19.6 Å². The molecule has 2 saturated heterocycles. The summed E-state index contributed by atoms with van der Waals surface area (Å²) in [5, 5.41) is 3.23. The van der Waals surface area contributed by atoms with Crippen LogP contribution in [0.25, 0.3) is 0 Å². The molecule has 1 N–H and O–H groups in total. The maximum Gasteiger partial charge on any atom is 0.425 e. The lowest BCUT2D eigenvalue weighted by Crippen LogP contribution is -2.43. The molecule has 2 aliphatic heterocycles. The fourth-order valence-electron chi connectivity index (χ4n) is 3.52. The van der Waals surface area contributed by atoms with Crippen LogP contribution in [0.3, 0.4) is 0 Å². The van der Waals surface area contributed by atoms with Crippen molar-refractivity contribution in [3.63, 3.8) is 0 Å². The molecule has 8 heteroatoms. The van der Waals surface area contributed by atoms with Crippen molar-refractivity contribution < 1.29 is 22.7 Å². The fraction of sp³-hybridized carbons (Fsp3) is 0.389. The molecule has 3 atom stereocenters. The molecule has 2 aliphatic rings. The first-order valence-electron chi connectivity index (χ1n) is 8.37. The van der Waals surface area contributed by atoms with E-state index >= 15 is 0 Å². The Morgan fingerprint density at radius 1 is 1.15 bits per heavy atom. The molecule has 2 fully saturated rings. The van der Waals surface area contributed by atoms with Crippen LogP contribution in [0.5, 0.6) is 10.8 Å². The third-order valence-corrected chi connectivity index (χ3v) is 5.85. The number of carbonyl (C=O) groups is 1. The summed E-state index contributed by atoms with van der Waals surface area (Å²) in [5.74, 6) is 0.789. The number of thiophene rings is 1. The van der Waals surface area contributed by atoms with Crippen LogP contribution in [0.1, 0.15) is 21.7 Å². The molecule has 1 aromatic carbocycles. The Balaban J connectivity index is 1.37. The van der Waals surface area contributed by atoms with E-state index in [1.54, 1.807) is 24.3 Å². The van der Waals surface area contributed by atoms with E-state index in [-0.39, 0.29) is 17.0 Å². The van der Waals surface area contributed by atoms with Gasteiger partial charge < -0.3 is 15.0 Å². The van der Waals surface area contributed by atoms with Crippen molar-refractivity contribution in [3.05, 3.63) is 46.8 Å². The quantitative estimate of drug-likeness (QED) is 0.869. The summed E-state index contributed by atoms with van der Waals surface area (Å²) in [6.07, 6.45) is -3.25. The summed E-state index contributed by atoms with van der Waals surface area (Å²) < 4.78 is 43.3. The third-order valence-electron chi connectivity index (χ3n) is 4.84. The number of piperidine rings is 1. The first-order chi connectivity index (χ1) is 12.4. The Kier molecular flexibility index (Phi) is 4.40. The minimum atomic E-state index is -4.37. The smallest absolute Gasteiger partial charge is 0.425 e. The summed E-state index contributed by atoms with van der Waals surface area (Å²) in [4.78, 5) is 14.0. The minimum Gasteiger partial charge on any atom is -0.447 e. The van der Waals surface area contributed by atoms with E-state index in [1.165, 1.54) is 6.07 Å². The van der Waals surface area contributed by atoms with Crippen LogP contribution in [0.4, 0.5) is 13.2 Å². The average molecular weight is 382 g/mol. The molecule has 0 saturated carbocycles. The Hall–Kier alpha value is -2.06. The fourth-order valence-corrected chi connectivity index (χ4v) is 4.26. The zero-order valence-corrected chi connectivity index (χ0v) is 14.6. The highest BCUT2D eigenvalue weighted by Gasteiger charge is 2.38. The topological polar surface area (TPSA) is 41.6 Å². The van der Waals surface area contributed by atoms with Gasteiger partial charge in [0, 0.05) is 24.7 Å². The molecular formula is C18H17F3N2O2S. The number of nitrogens with zero attached hydrogens (tertiary/aromatic N) is 1. The van der Waals surface area contributed by atoms with Crippen molar-refractivity contribution in [3.8, 4) is 10.8 Å². The summed E-state index contributed by atoms with van der Waals surface area (Å²) in [6, 6.07) is 8.90. The van der Waals surface area contributed by atoms with Gasteiger partial charge in [0.2, 0.25) is 0 Å². The molecule has 1 amide bonds. The molecule has 3 heterocycles. The van der Waals surface area contributed by atoms with Gasteiger partial charge in [-0.15, -0.1) is 0 Å². The predicted molar refractivity (Wildman–Crippen MR) is 91.6 cm³/mol. The van der Waals surface area contributed by atoms with E-state index in [1.807, 2.05) is 0 Å². The second-order valence-electron chi connectivity index (χ2n) is 6.63. The number of hydrogen-bond donors (Lipinski definition) is 1. The largest absolute Gasteiger partial charge is 0.447 e. The van der Waals surface area contributed by atoms with Crippen LogP contribution < -0.4 is 10.1 Å². The summed E-state index contributed by atoms with van der Waals surface area (Å²) in [7, 11) is 0. The van der Waals surface area contributed by atoms with E-state index in [9.17, 15) is 18.0 Å². The van der Waals surface area contributed by atoms with E-state index < -0.39 is 11.1 Å². The molecule has 0 spiro atoms. The Labute approximate surface area is 152 Å². The molecule has 2 aromatic rings. The molecule has 2 bridgehead atoms. The number of amides is 1. The Bertz CT molecular complexity index is 804. The van der Waals surface area contributed by atoms with Gasteiger partial charge in [0.05, 0.1) is 0 Å². The molecule has 2 unspecified atom stereocenters. The number of halogens is 3. The van der Waals surface area contributed by atoms with E-state index in [4.69, 9.17) is 4.74 Å². The normalized spacial score (nSPS) is 24.7. The van der Waals surface area contributed by atoms with Crippen molar-refractivity contribution in [1.82, 2.24) is 10.2 Å². The van der Waals surface area contributed by atoms with Crippen molar-refractivity contribution in [2.45, 2.75) is 18.6 Å². The zero-order chi connectivity index (χ0) is 18.3. The van der Waals surface area contributed by atoms with Gasteiger partial charge in [-0.25, -0.2) is 0 Å². The predicted octanol–water partition coefficient (Wildman–Crippen LogP) is 3.99. The number of rotatable bonds is 4. The number of hydrogen-bond acceptors (Lipinski definition) is 4. The van der Waals surface area contributed by atoms with Crippen molar-refractivity contribution in [1.29, 1.82) is 0 Å². The van der Waals surface area contributed by atoms with Crippen LogP contribution in [-0.4, -0.2) is 36.5 Å². The summed E-state index contributed by atoms with van der Waals surface area (Å²) in [6.45, 7) is 3.07.